The Kier molecular flexibility index (Phi) is 7.57. The van der Waals surface area contributed by atoms with Crippen molar-refractivity contribution < 1.29 is 14.6 Å². The van der Waals surface area contributed by atoms with Gasteiger partial charge in [-0.15, -0.1) is 10.2 Å². The first-order valence-corrected chi connectivity index (χ1v) is 11.7. The molecule has 33 heavy (non-hydrogen) atoms. The van der Waals surface area contributed by atoms with Crippen molar-refractivity contribution in [3.8, 4) is 11.8 Å². The number of piperidine rings is 1. The van der Waals surface area contributed by atoms with Crippen LogP contribution in [0.2, 0.25) is 5.02 Å². The Morgan fingerprint density at radius 2 is 1.97 bits per heavy atom. The van der Waals surface area contributed by atoms with Gasteiger partial charge in [0, 0.05) is 31.8 Å². The largest absolute Gasteiger partial charge is 0.490 e. The summed E-state index contributed by atoms with van der Waals surface area (Å²) in [6.45, 7) is 1.76. The molecule has 9 nitrogen and oxygen atoms in total. The molecule has 0 atom stereocenters. The number of hydrogen-bond donors (Lipinski definition) is 2. The van der Waals surface area contributed by atoms with Gasteiger partial charge in [-0.1, -0.05) is 11.6 Å². The van der Waals surface area contributed by atoms with E-state index in [0.29, 0.717) is 28.2 Å². The topological polar surface area (TPSA) is 124 Å². The summed E-state index contributed by atoms with van der Waals surface area (Å²) in [6.07, 6.45) is 6.49. The molecule has 1 aromatic heterocycles. The predicted molar refractivity (Wildman–Crippen MR) is 122 cm³/mol. The van der Waals surface area contributed by atoms with E-state index in [1.807, 2.05) is 11.0 Å². The van der Waals surface area contributed by atoms with E-state index in [1.54, 1.807) is 18.2 Å². The molecule has 1 amide bonds. The fourth-order valence-corrected chi connectivity index (χ4v) is 4.48. The minimum absolute atomic E-state index is 0.0397. The van der Waals surface area contributed by atoms with Gasteiger partial charge in [-0.2, -0.15) is 5.26 Å². The number of aliphatic hydroxyl groups is 1. The quantitative estimate of drug-likeness (QED) is 0.660. The summed E-state index contributed by atoms with van der Waals surface area (Å²) in [5.41, 5.74) is 0.627. The van der Waals surface area contributed by atoms with E-state index in [-0.39, 0.29) is 30.4 Å². The monoisotopic (exact) mass is 470 g/mol. The van der Waals surface area contributed by atoms with Crippen LogP contribution in [0.25, 0.3) is 0 Å². The second kappa shape index (κ2) is 10.8. The second-order valence-corrected chi connectivity index (χ2v) is 8.98. The van der Waals surface area contributed by atoms with Gasteiger partial charge in [0.2, 0.25) is 5.95 Å². The van der Waals surface area contributed by atoms with Crippen molar-refractivity contribution in [1.82, 2.24) is 20.5 Å². The molecule has 4 rings (SSSR count). The molecule has 2 heterocycles. The van der Waals surface area contributed by atoms with Crippen molar-refractivity contribution in [2.75, 3.05) is 24.6 Å². The van der Waals surface area contributed by atoms with Gasteiger partial charge < -0.3 is 20.1 Å². The molecule has 1 aliphatic heterocycles. The van der Waals surface area contributed by atoms with Gasteiger partial charge in [0.05, 0.1) is 22.9 Å². The summed E-state index contributed by atoms with van der Waals surface area (Å²) in [7, 11) is 0. The van der Waals surface area contributed by atoms with Gasteiger partial charge in [-0.25, -0.2) is 4.98 Å². The lowest BCUT2D eigenvalue weighted by Crippen LogP contribution is -2.40. The number of carbonyl (C=O) groups is 1. The average molecular weight is 471 g/mol. The predicted octanol–water partition coefficient (Wildman–Crippen LogP) is 2.73. The highest BCUT2D eigenvalue weighted by Gasteiger charge is 2.25. The van der Waals surface area contributed by atoms with Crippen LogP contribution >= 0.6 is 11.6 Å². The van der Waals surface area contributed by atoms with Crippen molar-refractivity contribution in [3.63, 3.8) is 0 Å². The number of ether oxygens (including phenoxy) is 1. The van der Waals surface area contributed by atoms with Crippen LogP contribution in [0.1, 0.15) is 54.6 Å². The van der Waals surface area contributed by atoms with Crippen LogP contribution in [0.15, 0.2) is 24.4 Å². The zero-order chi connectivity index (χ0) is 23.2. The number of aromatic nitrogens is 3. The fourth-order valence-electron chi connectivity index (χ4n) is 4.27. The third kappa shape index (κ3) is 5.89. The van der Waals surface area contributed by atoms with E-state index in [1.165, 1.54) is 6.20 Å². The molecule has 2 fully saturated rings. The maximum Gasteiger partial charge on any atom is 0.273 e. The van der Waals surface area contributed by atoms with E-state index in [9.17, 15) is 9.90 Å². The molecule has 174 valence electrons. The molecule has 2 aliphatic rings. The first-order valence-electron chi connectivity index (χ1n) is 11.3. The van der Waals surface area contributed by atoms with Crippen molar-refractivity contribution >= 4 is 23.5 Å². The van der Waals surface area contributed by atoms with Gasteiger partial charge in [0.15, 0.2) is 5.69 Å². The number of aliphatic hydroxyl groups excluding tert-OH is 1. The highest BCUT2D eigenvalue weighted by atomic mass is 35.5. The normalized spacial score (nSPS) is 21.3. The smallest absolute Gasteiger partial charge is 0.273 e. The average Bonchev–Trinajstić information content (AvgIpc) is 2.85. The zero-order valence-corrected chi connectivity index (χ0v) is 19.0. The highest BCUT2D eigenvalue weighted by molar-refractivity contribution is 6.31. The number of carbonyl (C=O) groups excluding carboxylic acids is 1. The number of benzene rings is 1. The molecule has 2 N–H and O–H groups in total. The van der Waals surface area contributed by atoms with Crippen LogP contribution in [0.4, 0.5) is 5.95 Å². The third-order valence-corrected chi connectivity index (χ3v) is 6.62. The molecular formula is C23H27ClN6O3. The van der Waals surface area contributed by atoms with Crippen molar-refractivity contribution in [2.45, 2.75) is 50.7 Å². The minimum atomic E-state index is -0.274. The SMILES string of the molecule is N#Cc1ccc(O[C@H]2CC[C@H](NC(=O)c3cnc(N4CCC(CO)CC4)nn3)CC2)cc1Cl. The first-order chi connectivity index (χ1) is 16.1. The molecule has 2 aromatic rings. The lowest BCUT2D eigenvalue weighted by Gasteiger charge is -2.30. The Morgan fingerprint density at radius 3 is 2.58 bits per heavy atom. The van der Waals surface area contributed by atoms with E-state index < -0.39 is 0 Å². The van der Waals surface area contributed by atoms with Gasteiger partial charge in [-0.05, 0) is 56.6 Å². The molecule has 10 heteroatoms. The lowest BCUT2D eigenvalue weighted by atomic mass is 9.93. The van der Waals surface area contributed by atoms with Crippen LogP contribution in [-0.4, -0.2) is 58.0 Å². The van der Waals surface area contributed by atoms with Crippen molar-refractivity contribution in [2.24, 2.45) is 5.92 Å². The Morgan fingerprint density at radius 1 is 1.21 bits per heavy atom. The zero-order valence-electron chi connectivity index (χ0n) is 18.3. The van der Waals surface area contributed by atoms with Gasteiger partial charge in [0.1, 0.15) is 11.8 Å². The number of halogens is 1. The summed E-state index contributed by atoms with van der Waals surface area (Å²) in [4.78, 5) is 18.9. The first kappa shape index (κ1) is 23.2. The summed E-state index contributed by atoms with van der Waals surface area (Å²) in [6, 6.07) is 7.15. The van der Waals surface area contributed by atoms with Gasteiger partial charge in [-0.3, -0.25) is 4.79 Å². The molecule has 1 aliphatic carbocycles. The number of rotatable bonds is 6. The second-order valence-electron chi connectivity index (χ2n) is 8.57. The van der Waals surface area contributed by atoms with E-state index in [4.69, 9.17) is 21.6 Å². The summed E-state index contributed by atoms with van der Waals surface area (Å²) in [5, 5.41) is 29.8. The molecule has 0 radical (unpaired) electrons. The number of nitrogens with zero attached hydrogens (tertiary/aromatic N) is 5. The Hall–Kier alpha value is -2.96. The number of anilines is 1. The number of nitriles is 1. The minimum Gasteiger partial charge on any atom is -0.490 e. The van der Waals surface area contributed by atoms with Crippen LogP contribution in [0.3, 0.4) is 0 Å². The van der Waals surface area contributed by atoms with E-state index >= 15 is 0 Å². The number of nitrogens with one attached hydrogen (secondary N) is 1. The Bertz CT molecular complexity index is 996. The van der Waals surface area contributed by atoms with Gasteiger partial charge >= 0.3 is 0 Å². The maximum atomic E-state index is 12.6. The number of hydrogen-bond acceptors (Lipinski definition) is 8. The molecule has 1 aromatic carbocycles. The summed E-state index contributed by atoms with van der Waals surface area (Å²) in [5.74, 6) is 1.22. The number of amides is 1. The Labute approximate surface area is 197 Å². The molecule has 0 bridgehead atoms. The Balaban J connectivity index is 1.24. The molecular weight excluding hydrogens is 444 g/mol. The van der Waals surface area contributed by atoms with Crippen LogP contribution in [0, 0.1) is 17.2 Å². The molecule has 1 saturated carbocycles. The third-order valence-electron chi connectivity index (χ3n) is 6.31. The molecule has 0 spiro atoms. The van der Waals surface area contributed by atoms with Crippen LogP contribution in [-0.2, 0) is 0 Å². The van der Waals surface area contributed by atoms with Crippen molar-refractivity contribution in [1.29, 1.82) is 5.26 Å². The van der Waals surface area contributed by atoms with Crippen molar-refractivity contribution in [3.05, 3.63) is 40.7 Å². The van der Waals surface area contributed by atoms with E-state index in [2.05, 4.69) is 20.5 Å². The summed E-state index contributed by atoms with van der Waals surface area (Å²) >= 11 is 6.07. The molecule has 0 unspecified atom stereocenters. The van der Waals surface area contributed by atoms with Crippen LogP contribution in [0.5, 0.6) is 5.75 Å². The highest BCUT2D eigenvalue weighted by Crippen LogP contribution is 2.27. The lowest BCUT2D eigenvalue weighted by molar-refractivity contribution is 0.0887. The maximum absolute atomic E-state index is 12.6. The fraction of sp³-hybridized carbons (Fsp3) is 0.522. The standard InChI is InChI=1S/C23H27ClN6O3/c24-20-11-19(4-1-16(20)12-25)33-18-5-2-17(3-6-18)27-22(32)21-13-26-23(29-28-21)30-9-7-15(14-31)8-10-30/h1,4,11,13,15,17-18,31H,2-3,5-10,14H2,(H,27,32)/t17-,18-. The summed E-state index contributed by atoms with van der Waals surface area (Å²) < 4.78 is 6.00. The van der Waals surface area contributed by atoms with Gasteiger partial charge in [0.25, 0.3) is 5.91 Å². The van der Waals surface area contributed by atoms with Crippen LogP contribution < -0.4 is 15.0 Å². The van der Waals surface area contributed by atoms with E-state index in [0.717, 1.165) is 51.6 Å². The molecule has 1 saturated heterocycles.